The average Bonchev–Trinajstić information content (AvgIpc) is 2.88. The number of anilines is 1. The number of hydrogen-bond donors (Lipinski definition) is 1. The first kappa shape index (κ1) is 30.9. The zero-order valence-corrected chi connectivity index (χ0v) is 25.7. The Bertz CT molecular complexity index is 1400. The Morgan fingerprint density at radius 1 is 0.923 bits per heavy atom. The van der Waals surface area contributed by atoms with E-state index in [1.807, 2.05) is 38.1 Å². The molecule has 0 aliphatic heterocycles. The standard InChI is InChI=1S/C28H30BrCl2N3O4S/c1-19(2)16-32-28(36)20(3)33(17-21-8-7-9-22(29)12-21)27(35)18-34(25-14-23(30)13-24(31)15-25)39(37,38)26-10-5-4-6-11-26/h4-15,19-20H,16-18H2,1-3H3,(H,32,36)/t20-/m1/s1. The Kier molecular flexibility index (Phi) is 10.8. The smallest absolute Gasteiger partial charge is 0.264 e. The van der Waals surface area contributed by atoms with Crippen LogP contribution in [0.25, 0.3) is 0 Å². The van der Waals surface area contributed by atoms with E-state index in [1.165, 1.54) is 35.2 Å². The molecule has 208 valence electrons. The molecule has 0 fully saturated rings. The van der Waals surface area contributed by atoms with Crippen LogP contribution in [0.3, 0.4) is 0 Å². The van der Waals surface area contributed by atoms with Crippen molar-refractivity contribution >= 4 is 66.7 Å². The molecule has 39 heavy (non-hydrogen) atoms. The molecular formula is C28H30BrCl2N3O4S. The van der Waals surface area contributed by atoms with Crippen molar-refractivity contribution in [1.29, 1.82) is 0 Å². The van der Waals surface area contributed by atoms with Gasteiger partial charge in [0, 0.05) is 27.6 Å². The Balaban J connectivity index is 2.03. The molecule has 1 N–H and O–H groups in total. The van der Waals surface area contributed by atoms with Gasteiger partial charge in [0.15, 0.2) is 0 Å². The fourth-order valence-electron chi connectivity index (χ4n) is 3.80. The van der Waals surface area contributed by atoms with Crippen LogP contribution in [0.5, 0.6) is 0 Å². The third-order valence-corrected chi connectivity index (χ3v) is 8.56. The van der Waals surface area contributed by atoms with Gasteiger partial charge in [0.05, 0.1) is 10.6 Å². The van der Waals surface area contributed by atoms with Gasteiger partial charge >= 0.3 is 0 Å². The molecule has 7 nitrogen and oxygen atoms in total. The summed E-state index contributed by atoms with van der Waals surface area (Å²) in [6.07, 6.45) is 0. The van der Waals surface area contributed by atoms with E-state index in [-0.39, 0.29) is 39.0 Å². The molecule has 3 aromatic rings. The van der Waals surface area contributed by atoms with E-state index in [1.54, 1.807) is 25.1 Å². The van der Waals surface area contributed by atoms with Crippen molar-refractivity contribution in [1.82, 2.24) is 10.2 Å². The molecule has 3 aromatic carbocycles. The highest BCUT2D eigenvalue weighted by Crippen LogP contribution is 2.30. The number of benzene rings is 3. The minimum Gasteiger partial charge on any atom is -0.354 e. The van der Waals surface area contributed by atoms with Crippen molar-refractivity contribution in [2.24, 2.45) is 5.92 Å². The molecule has 0 aliphatic carbocycles. The molecular weight excluding hydrogens is 625 g/mol. The van der Waals surface area contributed by atoms with Crippen LogP contribution in [0.15, 0.2) is 82.2 Å². The third-order valence-electron chi connectivity index (χ3n) is 5.84. The van der Waals surface area contributed by atoms with Crippen LogP contribution in [-0.4, -0.2) is 44.3 Å². The molecule has 0 spiro atoms. The van der Waals surface area contributed by atoms with E-state index in [0.29, 0.717) is 6.54 Å². The summed E-state index contributed by atoms with van der Waals surface area (Å²) in [5.74, 6) is -0.692. The number of rotatable bonds is 11. The van der Waals surface area contributed by atoms with Gasteiger partial charge in [-0.2, -0.15) is 0 Å². The highest BCUT2D eigenvalue weighted by atomic mass is 79.9. The first-order valence-corrected chi connectivity index (χ1v) is 15.2. The van der Waals surface area contributed by atoms with Crippen molar-refractivity contribution in [2.75, 3.05) is 17.4 Å². The number of carbonyl (C=O) groups excluding carboxylic acids is 2. The number of sulfonamides is 1. The fourth-order valence-corrected chi connectivity index (χ4v) is 6.18. The summed E-state index contributed by atoms with van der Waals surface area (Å²) in [6.45, 7) is 5.51. The second-order valence-corrected chi connectivity index (χ2v) is 13.1. The van der Waals surface area contributed by atoms with Crippen molar-refractivity contribution < 1.29 is 18.0 Å². The number of halogens is 3. The molecule has 0 aromatic heterocycles. The fraction of sp³-hybridized carbons (Fsp3) is 0.286. The van der Waals surface area contributed by atoms with Crippen LogP contribution in [0, 0.1) is 5.92 Å². The summed E-state index contributed by atoms with van der Waals surface area (Å²) in [7, 11) is -4.20. The highest BCUT2D eigenvalue weighted by Gasteiger charge is 2.32. The Morgan fingerprint density at radius 3 is 2.15 bits per heavy atom. The molecule has 1 atom stereocenters. The summed E-state index contributed by atoms with van der Waals surface area (Å²) >= 11 is 15.8. The lowest BCUT2D eigenvalue weighted by Gasteiger charge is -2.32. The Morgan fingerprint density at radius 2 is 1.56 bits per heavy atom. The maximum absolute atomic E-state index is 13.9. The summed E-state index contributed by atoms with van der Waals surface area (Å²) < 4.78 is 29.3. The van der Waals surface area contributed by atoms with E-state index in [2.05, 4.69) is 21.2 Å². The molecule has 3 rings (SSSR count). The predicted molar refractivity (Wildman–Crippen MR) is 159 cm³/mol. The van der Waals surface area contributed by atoms with Crippen molar-refractivity contribution in [3.63, 3.8) is 0 Å². The van der Waals surface area contributed by atoms with E-state index in [9.17, 15) is 18.0 Å². The lowest BCUT2D eigenvalue weighted by atomic mass is 10.1. The van der Waals surface area contributed by atoms with Crippen LogP contribution in [-0.2, 0) is 26.2 Å². The molecule has 11 heteroatoms. The van der Waals surface area contributed by atoms with Gasteiger partial charge < -0.3 is 10.2 Å². The van der Waals surface area contributed by atoms with Crippen LogP contribution in [0.4, 0.5) is 5.69 Å². The minimum atomic E-state index is -4.20. The van der Waals surface area contributed by atoms with Crippen LogP contribution in [0.2, 0.25) is 10.0 Å². The quantitative estimate of drug-likeness (QED) is 0.269. The van der Waals surface area contributed by atoms with E-state index >= 15 is 0 Å². The Labute approximate surface area is 248 Å². The monoisotopic (exact) mass is 653 g/mol. The molecule has 0 radical (unpaired) electrons. The summed E-state index contributed by atoms with van der Waals surface area (Å²) in [4.78, 5) is 28.3. The molecule has 0 bridgehead atoms. The number of hydrogen-bond acceptors (Lipinski definition) is 4. The van der Waals surface area contributed by atoms with Crippen molar-refractivity contribution in [2.45, 2.75) is 38.3 Å². The van der Waals surface area contributed by atoms with Gasteiger partial charge in [0.25, 0.3) is 10.0 Å². The number of nitrogens with one attached hydrogen (secondary N) is 1. The van der Waals surface area contributed by atoms with E-state index in [0.717, 1.165) is 14.3 Å². The van der Waals surface area contributed by atoms with Gasteiger partial charge in [-0.3, -0.25) is 13.9 Å². The molecule has 0 saturated heterocycles. The van der Waals surface area contributed by atoms with Gasteiger partial charge in [-0.25, -0.2) is 8.42 Å². The summed E-state index contributed by atoms with van der Waals surface area (Å²) in [5.41, 5.74) is 0.897. The predicted octanol–water partition coefficient (Wildman–Crippen LogP) is 6.14. The lowest BCUT2D eigenvalue weighted by Crippen LogP contribution is -2.51. The first-order chi connectivity index (χ1) is 18.4. The van der Waals surface area contributed by atoms with Crippen LogP contribution >= 0.6 is 39.1 Å². The van der Waals surface area contributed by atoms with Gasteiger partial charge in [-0.15, -0.1) is 0 Å². The van der Waals surface area contributed by atoms with Crippen LogP contribution < -0.4 is 9.62 Å². The summed E-state index contributed by atoms with van der Waals surface area (Å²) in [5, 5.41) is 3.29. The second kappa shape index (κ2) is 13.7. The highest BCUT2D eigenvalue weighted by molar-refractivity contribution is 9.10. The Hall–Kier alpha value is -2.59. The van der Waals surface area contributed by atoms with Gasteiger partial charge in [0.2, 0.25) is 11.8 Å². The molecule has 0 unspecified atom stereocenters. The van der Waals surface area contributed by atoms with Crippen LogP contribution in [0.1, 0.15) is 26.3 Å². The van der Waals surface area contributed by atoms with Crippen molar-refractivity contribution in [3.8, 4) is 0 Å². The lowest BCUT2D eigenvalue weighted by molar-refractivity contribution is -0.139. The molecule has 2 amide bonds. The third kappa shape index (κ3) is 8.45. The molecule has 0 saturated carbocycles. The second-order valence-electron chi connectivity index (χ2n) is 9.42. The summed E-state index contributed by atoms with van der Waals surface area (Å²) in [6, 6.07) is 18.6. The van der Waals surface area contributed by atoms with Gasteiger partial charge in [0.1, 0.15) is 12.6 Å². The van der Waals surface area contributed by atoms with Gasteiger partial charge in [-0.1, -0.05) is 83.3 Å². The first-order valence-electron chi connectivity index (χ1n) is 12.2. The molecule has 0 heterocycles. The zero-order valence-electron chi connectivity index (χ0n) is 21.8. The van der Waals surface area contributed by atoms with E-state index in [4.69, 9.17) is 23.2 Å². The average molecular weight is 655 g/mol. The topological polar surface area (TPSA) is 86.8 Å². The SMILES string of the molecule is CC(C)CNC(=O)[C@@H](C)N(Cc1cccc(Br)c1)C(=O)CN(c1cc(Cl)cc(Cl)c1)S(=O)(=O)c1ccccc1. The number of nitrogens with zero attached hydrogens (tertiary/aromatic N) is 2. The molecule has 0 aliphatic rings. The number of carbonyl (C=O) groups is 2. The van der Waals surface area contributed by atoms with E-state index < -0.39 is 28.5 Å². The maximum Gasteiger partial charge on any atom is 0.264 e. The number of amides is 2. The largest absolute Gasteiger partial charge is 0.354 e. The zero-order chi connectivity index (χ0) is 28.7. The normalized spacial score (nSPS) is 12.2. The van der Waals surface area contributed by atoms with Crippen molar-refractivity contribution in [3.05, 3.63) is 92.9 Å². The minimum absolute atomic E-state index is 0.00448. The van der Waals surface area contributed by atoms with Gasteiger partial charge in [-0.05, 0) is 60.9 Å². The maximum atomic E-state index is 13.9.